The molecule has 0 spiro atoms. The number of amides is 5. The molecule has 0 radical (unpaired) electrons. The van der Waals surface area contributed by atoms with Gasteiger partial charge in [-0.1, -0.05) is 38.2 Å². The standard InChI is InChI=1S/C21H34N4O3Si/c1-16-10-11-17(23-21(28)25-13-7-5-6-9-19(25)26)15-18(16)24-20(27)22-12-8-14-29(2,3)4/h10-11,15H,5-9,12-14H2,1-4H3,(H,23,28)(H2,22,24,27). The molecule has 3 N–H and O–H groups in total. The van der Waals surface area contributed by atoms with Crippen LogP contribution < -0.4 is 16.0 Å². The number of hydrogen-bond acceptors (Lipinski definition) is 3. The zero-order chi connectivity index (χ0) is 21.4. The molecule has 29 heavy (non-hydrogen) atoms. The first-order chi connectivity index (χ1) is 13.7. The van der Waals surface area contributed by atoms with Crippen LogP contribution in [0, 0.1) is 6.92 Å². The van der Waals surface area contributed by atoms with Gasteiger partial charge in [-0.15, -0.1) is 0 Å². The van der Waals surface area contributed by atoms with Crippen LogP contribution in [-0.4, -0.2) is 44.0 Å². The van der Waals surface area contributed by atoms with Crippen LogP contribution in [0.2, 0.25) is 25.7 Å². The number of nitrogens with one attached hydrogen (secondary N) is 3. The van der Waals surface area contributed by atoms with Crippen LogP contribution >= 0.6 is 0 Å². The number of rotatable bonds is 6. The fourth-order valence-electron chi connectivity index (χ4n) is 3.21. The van der Waals surface area contributed by atoms with E-state index in [0.717, 1.165) is 31.2 Å². The van der Waals surface area contributed by atoms with Gasteiger partial charge in [-0.2, -0.15) is 0 Å². The van der Waals surface area contributed by atoms with Crippen molar-refractivity contribution in [3.05, 3.63) is 23.8 Å². The molecule has 5 amide bonds. The first-order valence-corrected chi connectivity index (χ1v) is 14.1. The fraction of sp³-hybridized carbons (Fsp3) is 0.571. The highest BCUT2D eigenvalue weighted by Crippen LogP contribution is 2.21. The summed E-state index contributed by atoms with van der Waals surface area (Å²) in [5, 5.41) is 8.52. The normalized spacial score (nSPS) is 14.9. The summed E-state index contributed by atoms with van der Waals surface area (Å²) < 4.78 is 0. The molecule has 1 aliphatic heterocycles. The van der Waals surface area contributed by atoms with Crippen molar-refractivity contribution >= 4 is 37.4 Å². The molecule has 1 aliphatic rings. The first-order valence-electron chi connectivity index (χ1n) is 10.4. The van der Waals surface area contributed by atoms with E-state index in [4.69, 9.17) is 0 Å². The van der Waals surface area contributed by atoms with Gasteiger partial charge in [0.1, 0.15) is 0 Å². The number of hydrogen-bond donors (Lipinski definition) is 3. The summed E-state index contributed by atoms with van der Waals surface area (Å²) in [6, 6.07) is 5.82. The molecule has 1 saturated heterocycles. The Morgan fingerprint density at radius 2 is 1.86 bits per heavy atom. The maximum Gasteiger partial charge on any atom is 0.328 e. The predicted molar refractivity (Wildman–Crippen MR) is 120 cm³/mol. The third-order valence-corrected chi connectivity index (χ3v) is 6.80. The Bertz CT molecular complexity index is 746. The molecule has 0 atom stereocenters. The molecule has 1 aromatic carbocycles. The zero-order valence-electron chi connectivity index (χ0n) is 18.1. The third kappa shape index (κ3) is 7.89. The Labute approximate surface area is 174 Å². The minimum Gasteiger partial charge on any atom is -0.338 e. The van der Waals surface area contributed by atoms with Crippen molar-refractivity contribution in [3.8, 4) is 0 Å². The number of urea groups is 2. The summed E-state index contributed by atoms with van der Waals surface area (Å²) >= 11 is 0. The van der Waals surface area contributed by atoms with Crippen LogP contribution in [0.15, 0.2) is 18.2 Å². The highest BCUT2D eigenvalue weighted by molar-refractivity contribution is 6.76. The van der Waals surface area contributed by atoms with Crippen LogP contribution in [-0.2, 0) is 4.79 Å². The topological polar surface area (TPSA) is 90.5 Å². The lowest BCUT2D eigenvalue weighted by Crippen LogP contribution is -2.39. The zero-order valence-corrected chi connectivity index (χ0v) is 19.1. The summed E-state index contributed by atoms with van der Waals surface area (Å²) in [5.41, 5.74) is 2.07. The van der Waals surface area contributed by atoms with E-state index in [1.807, 2.05) is 13.0 Å². The van der Waals surface area contributed by atoms with Crippen molar-refractivity contribution in [1.82, 2.24) is 10.2 Å². The molecule has 0 unspecified atom stereocenters. The van der Waals surface area contributed by atoms with E-state index >= 15 is 0 Å². The van der Waals surface area contributed by atoms with Crippen molar-refractivity contribution in [3.63, 3.8) is 0 Å². The van der Waals surface area contributed by atoms with Crippen LogP contribution in [0.25, 0.3) is 0 Å². The lowest BCUT2D eigenvalue weighted by molar-refractivity contribution is -0.127. The first kappa shape index (κ1) is 22.9. The van der Waals surface area contributed by atoms with E-state index in [9.17, 15) is 14.4 Å². The number of likely N-dealkylation sites (tertiary alicyclic amines) is 1. The molecular weight excluding hydrogens is 384 g/mol. The Morgan fingerprint density at radius 3 is 2.59 bits per heavy atom. The van der Waals surface area contributed by atoms with E-state index in [-0.39, 0.29) is 11.9 Å². The minimum absolute atomic E-state index is 0.136. The second kappa shape index (κ2) is 10.4. The van der Waals surface area contributed by atoms with Crippen molar-refractivity contribution in [2.45, 2.75) is 64.7 Å². The maximum absolute atomic E-state index is 12.5. The average Bonchev–Trinajstić information content (AvgIpc) is 2.85. The number of imide groups is 1. The molecule has 1 aromatic rings. The third-order valence-electron chi connectivity index (χ3n) is 4.94. The van der Waals surface area contributed by atoms with E-state index < -0.39 is 14.1 Å². The molecule has 0 bridgehead atoms. The van der Waals surface area contributed by atoms with E-state index in [1.54, 1.807) is 12.1 Å². The predicted octanol–water partition coefficient (Wildman–Crippen LogP) is 4.78. The summed E-state index contributed by atoms with van der Waals surface area (Å²) in [6.45, 7) is 9.93. The highest BCUT2D eigenvalue weighted by atomic mass is 28.3. The van der Waals surface area contributed by atoms with Gasteiger partial charge in [0.05, 0.1) is 0 Å². The molecule has 8 heteroatoms. The summed E-state index contributed by atoms with van der Waals surface area (Å²) in [7, 11) is -1.10. The molecule has 0 saturated carbocycles. The van der Waals surface area contributed by atoms with Crippen LogP contribution in [0.3, 0.4) is 0 Å². The van der Waals surface area contributed by atoms with Gasteiger partial charge >= 0.3 is 12.1 Å². The van der Waals surface area contributed by atoms with Gasteiger partial charge in [0, 0.05) is 39.0 Å². The Morgan fingerprint density at radius 1 is 1.10 bits per heavy atom. The van der Waals surface area contributed by atoms with E-state index in [0.29, 0.717) is 30.9 Å². The molecule has 0 aromatic heterocycles. The van der Waals surface area contributed by atoms with Crippen LogP contribution in [0.1, 0.15) is 37.7 Å². The van der Waals surface area contributed by atoms with Gasteiger partial charge in [-0.05, 0) is 43.9 Å². The van der Waals surface area contributed by atoms with Gasteiger partial charge in [-0.3, -0.25) is 9.69 Å². The van der Waals surface area contributed by atoms with Crippen molar-refractivity contribution < 1.29 is 14.4 Å². The Balaban J connectivity index is 1.92. The molecule has 160 valence electrons. The number of carbonyl (C=O) groups is 3. The van der Waals surface area contributed by atoms with Gasteiger partial charge in [0.25, 0.3) is 0 Å². The Kier molecular flexibility index (Phi) is 8.25. The van der Waals surface area contributed by atoms with Crippen LogP contribution in [0.4, 0.5) is 21.0 Å². The van der Waals surface area contributed by atoms with E-state index in [2.05, 4.69) is 35.6 Å². The average molecular weight is 419 g/mol. The molecule has 7 nitrogen and oxygen atoms in total. The summed E-state index contributed by atoms with van der Waals surface area (Å²) in [6.07, 6.45) is 4.00. The summed E-state index contributed by atoms with van der Waals surface area (Å²) in [4.78, 5) is 38.1. The van der Waals surface area contributed by atoms with Gasteiger partial charge in [-0.25, -0.2) is 9.59 Å². The number of anilines is 2. The molecule has 0 aliphatic carbocycles. The second-order valence-electron chi connectivity index (χ2n) is 8.86. The highest BCUT2D eigenvalue weighted by Gasteiger charge is 2.23. The van der Waals surface area contributed by atoms with Crippen LogP contribution in [0.5, 0.6) is 0 Å². The fourth-order valence-corrected chi connectivity index (χ4v) is 4.45. The molecule has 1 fully saturated rings. The number of aryl methyl sites for hydroxylation is 1. The maximum atomic E-state index is 12.5. The molecule has 1 heterocycles. The lowest BCUT2D eigenvalue weighted by Gasteiger charge is -2.20. The number of benzene rings is 1. The summed E-state index contributed by atoms with van der Waals surface area (Å²) in [5.74, 6) is -0.136. The van der Waals surface area contributed by atoms with Gasteiger partial charge in [0.2, 0.25) is 5.91 Å². The Hall–Kier alpha value is -2.35. The van der Waals surface area contributed by atoms with Crippen molar-refractivity contribution in [2.75, 3.05) is 23.7 Å². The van der Waals surface area contributed by atoms with E-state index in [1.165, 1.54) is 10.9 Å². The SMILES string of the molecule is Cc1ccc(NC(=O)N2CCCCCC2=O)cc1NC(=O)NCCC[Si](C)(C)C. The minimum atomic E-state index is -1.10. The van der Waals surface area contributed by atoms with Gasteiger partial charge < -0.3 is 16.0 Å². The lowest BCUT2D eigenvalue weighted by atomic mass is 10.2. The largest absolute Gasteiger partial charge is 0.338 e. The monoisotopic (exact) mass is 418 g/mol. The molecular formula is C21H34N4O3Si. The number of carbonyl (C=O) groups excluding carboxylic acids is 3. The quantitative estimate of drug-likeness (QED) is 0.459. The van der Waals surface area contributed by atoms with Crippen molar-refractivity contribution in [1.29, 1.82) is 0 Å². The molecule has 2 rings (SSSR count). The number of nitrogens with zero attached hydrogens (tertiary/aromatic N) is 1. The second-order valence-corrected chi connectivity index (χ2v) is 14.5. The smallest absolute Gasteiger partial charge is 0.328 e. The van der Waals surface area contributed by atoms with Gasteiger partial charge in [0.15, 0.2) is 0 Å². The van der Waals surface area contributed by atoms with Crippen molar-refractivity contribution in [2.24, 2.45) is 0 Å².